The second-order valence-corrected chi connectivity index (χ2v) is 6.57. The highest BCUT2D eigenvalue weighted by Gasteiger charge is 2.29. The van der Waals surface area contributed by atoms with Gasteiger partial charge in [0, 0.05) is 13.1 Å². The Hall–Kier alpha value is -2.77. The van der Waals surface area contributed by atoms with E-state index in [1.54, 1.807) is 45.0 Å². The summed E-state index contributed by atoms with van der Waals surface area (Å²) < 4.78 is 10.6. The van der Waals surface area contributed by atoms with Crippen molar-refractivity contribution in [2.75, 3.05) is 18.4 Å². The molecular weight excluding hydrogens is 326 g/mol. The third-order valence-corrected chi connectivity index (χ3v) is 3.19. The molecule has 8 nitrogen and oxygen atoms in total. The van der Waals surface area contributed by atoms with Crippen LogP contribution in [0.2, 0.25) is 0 Å². The van der Waals surface area contributed by atoms with Gasteiger partial charge in [0.2, 0.25) is 5.91 Å². The lowest BCUT2D eigenvalue weighted by Gasteiger charge is -2.25. The third kappa shape index (κ3) is 5.98. The van der Waals surface area contributed by atoms with Gasteiger partial charge in [0.1, 0.15) is 11.4 Å². The van der Waals surface area contributed by atoms with E-state index in [9.17, 15) is 14.4 Å². The quantitative estimate of drug-likeness (QED) is 0.697. The zero-order valence-electron chi connectivity index (χ0n) is 14.5. The Bertz CT molecular complexity index is 654. The Balaban J connectivity index is 1.71. The van der Waals surface area contributed by atoms with Crippen LogP contribution in [0, 0.1) is 0 Å². The van der Waals surface area contributed by atoms with Crippen molar-refractivity contribution in [2.45, 2.75) is 38.9 Å². The first-order valence-corrected chi connectivity index (χ1v) is 8.05. The van der Waals surface area contributed by atoms with Crippen LogP contribution in [0.15, 0.2) is 24.3 Å². The highest BCUT2D eigenvalue weighted by molar-refractivity contribution is 5.99. The minimum absolute atomic E-state index is 0.105. The first-order valence-electron chi connectivity index (χ1n) is 8.05. The number of hydrogen-bond acceptors (Lipinski definition) is 5. The first-order chi connectivity index (χ1) is 11.7. The van der Waals surface area contributed by atoms with Gasteiger partial charge in [0.25, 0.3) is 5.91 Å². The SMILES string of the molecule is CC(C)(C)OC(=O)NCCNC(=O)C[C@@H]1Oc2ccccc2NC1=O. The summed E-state index contributed by atoms with van der Waals surface area (Å²) in [5, 5.41) is 7.86. The van der Waals surface area contributed by atoms with E-state index in [4.69, 9.17) is 9.47 Å². The molecule has 0 saturated heterocycles. The lowest BCUT2D eigenvalue weighted by molar-refractivity contribution is -0.130. The predicted octanol–water partition coefficient (Wildman–Crippen LogP) is 1.42. The molecule has 0 radical (unpaired) electrons. The number of anilines is 1. The van der Waals surface area contributed by atoms with Crippen LogP contribution in [-0.2, 0) is 14.3 Å². The maximum atomic E-state index is 12.0. The summed E-state index contributed by atoms with van der Waals surface area (Å²) in [5.41, 5.74) is 0.0145. The van der Waals surface area contributed by atoms with Crippen molar-refractivity contribution in [2.24, 2.45) is 0 Å². The molecule has 2 rings (SSSR count). The maximum absolute atomic E-state index is 12.0. The van der Waals surface area contributed by atoms with E-state index in [0.29, 0.717) is 11.4 Å². The summed E-state index contributed by atoms with van der Waals surface area (Å²) in [6.45, 7) is 5.75. The molecule has 3 N–H and O–H groups in total. The molecule has 1 aromatic carbocycles. The normalized spacial score (nSPS) is 16.1. The minimum Gasteiger partial charge on any atom is -0.478 e. The zero-order chi connectivity index (χ0) is 18.4. The zero-order valence-corrected chi connectivity index (χ0v) is 14.5. The van der Waals surface area contributed by atoms with Gasteiger partial charge < -0.3 is 25.4 Å². The Morgan fingerprint density at radius 3 is 2.60 bits per heavy atom. The fourth-order valence-corrected chi connectivity index (χ4v) is 2.15. The van der Waals surface area contributed by atoms with Gasteiger partial charge in [-0.05, 0) is 32.9 Å². The number of benzene rings is 1. The van der Waals surface area contributed by atoms with Gasteiger partial charge in [0.05, 0.1) is 12.1 Å². The molecular formula is C17H23N3O5. The van der Waals surface area contributed by atoms with E-state index in [2.05, 4.69) is 16.0 Å². The average molecular weight is 349 g/mol. The fraction of sp³-hybridized carbons (Fsp3) is 0.471. The largest absolute Gasteiger partial charge is 0.478 e. The van der Waals surface area contributed by atoms with Crippen LogP contribution in [0.25, 0.3) is 0 Å². The highest BCUT2D eigenvalue weighted by atomic mass is 16.6. The second-order valence-electron chi connectivity index (χ2n) is 6.57. The average Bonchev–Trinajstić information content (AvgIpc) is 2.50. The molecule has 0 aromatic heterocycles. The van der Waals surface area contributed by atoms with Gasteiger partial charge in [-0.25, -0.2) is 4.79 Å². The maximum Gasteiger partial charge on any atom is 0.407 e. The van der Waals surface area contributed by atoms with Crippen molar-refractivity contribution in [3.63, 3.8) is 0 Å². The van der Waals surface area contributed by atoms with E-state index in [-0.39, 0.29) is 31.3 Å². The molecule has 0 aliphatic carbocycles. The van der Waals surface area contributed by atoms with E-state index < -0.39 is 17.8 Å². The Kier molecular flexibility index (Phi) is 5.84. The summed E-state index contributed by atoms with van der Waals surface area (Å²) in [5.74, 6) is -0.169. The molecule has 0 unspecified atom stereocenters. The van der Waals surface area contributed by atoms with Crippen LogP contribution >= 0.6 is 0 Å². The van der Waals surface area contributed by atoms with Crippen molar-refractivity contribution in [3.05, 3.63) is 24.3 Å². The number of nitrogens with one attached hydrogen (secondary N) is 3. The number of amides is 3. The Labute approximate surface area is 146 Å². The highest BCUT2D eigenvalue weighted by Crippen LogP contribution is 2.29. The van der Waals surface area contributed by atoms with Gasteiger partial charge in [-0.3, -0.25) is 9.59 Å². The second kappa shape index (κ2) is 7.87. The van der Waals surface area contributed by atoms with Gasteiger partial charge in [-0.15, -0.1) is 0 Å². The van der Waals surface area contributed by atoms with Crippen LogP contribution in [0.4, 0.5) is 10.5 Å². The summed E-state index contributed by atoms with van der Waals surface area (Å²) in [7, 11) is 0. The Morgan fingerprint density at radius 1 is 1.20 bits per heavy atom. The van der Waals surface area contributed by atoms with Crippen LogP contribution < -0.4 is 20.7 Å². The standard InChI is InChI=1S/C17H23N3O5/c1-17(2,3)25-16(23)19-9-8-18-14(21)10-13-15(22)20-11-6-4-5-7-12(11)24-13/h4-7,13H,8-10H2,1-3H3,(H,18,21)(H,19,23)(H,20,22)/t13-/m0/s1. The predicted molar refractivity (Wildman–Crippen MR) is 91.4 cm³/mol. The molecule has 1 atom stereocenters. The third-order valence-electron chi connectivity index (χ3n) is 3.19. The molecule has 0 fully saturated rings. The topological polar surface area (TPSA) is 106 Å². The number of ether oxygens (including phenoxy) is 2. The van der Waals surface area contributed by atoms with Crippen molar-refractivity contribution in [1.29, 1.82) is 0 Å². The number of alkyl carbamates (subject to hydrolysis) is 1. The van der Waals surface area contributed by atoms with Crippen LogP contribution in [-0.4, -0.2) is 42.7 Å². The number of carbonyl (C=O) groups excluding carboxylic acids is 3. The van der Waals surface area contributed by atoms with Gasteiger partial charge in [-0.2, -0.15) is 0 Å². The van der Waals surface area contributed by atoms with Crippen molar-refractivity contribution >= 4 is 23.6 Å². The fourth-order valence-electron chi connectivity index (χ4n) is 2.15. The molecule has 0 saturated carbocycles. The lowest BCUT2D eigenvalue weighted by Crippen LogP contribution is -2.42. The Morgan fingerprint density at radius 2 is 1.88 bits per heavy atom. The summed E-state index contributed by atoms with van der Waals surface area (Å²) in [4.78, 5) is 35.3. The van der Waals surface area contributed by atoms with Crippen LogP contribution in [0.3, 0.4) is 0 Å². The van der Waals surface area contributed by atoms with Crippen LogP contribution in [0.1, 0.15) is 27.2 Å². The lowest BCUT2D eigenvalue weighted by atomic mass is 10.1. The molecule has 136 valence electrons. The molecule has 1 aliphatic rings. The smallest absolute Gasteiger partial charge is 0.407 e. The minimum atomic E-state index is -0.881. The van der Waals surface area contributed by atoms with Crippen LogP contribution in [0.5, 0.6) is 5.75 Å². The molecule has 1 heterocycles. The monoisotopic (exact) mass is 349 g/mol. The number of rotatable bonds is 5. The number of fused-ring (bicyclic) bond motifs is 1. The van der Waals surface area contributed by atoms with E-state index in [0.717, 1.165) is 0 Å². The van der Waals surface area contributed by atoms with Gasteiger partial charge in [0.15, 0.2) is 6.10 Å². The molecule has 8 heteroatoms. The van der Waals surface area contributed by atoms with Crippen molar-refractivity contribution in [1.82, 2.24) is 10.6 Å². The number of hydrogen-bond donors (Lipinski definition) is 3. The number of para-hydroxylation sites is 2. The van der Waals surface area contributed by atoms with Crippen molar-refractivity contribution in [3.8, 4) is 5.75 Å². The molecule has 0 spiro atoms. The van der Waals surface area contributed by atoms with Gasteiger partial charge >= 0.3 is 6.09 Å². The summed E-state index contributed by atoms with van der Waals surface area (Å²) >= 11 is 0. The molecule has 1 aliphatic heterocycles. The molecule has 1 aromatic rings. The van der Waals surface area contributed by atoms with E-state index >= 15 is 0 Å². The van der Waals surface area contributed by atoms with E-state index in [1.807, 2.05) is 0 Å². The summed E-state index contributed by atoms with van der Waals surface area (Å²) in [6.07, 6.45) is -1.53. The summed E-state index contributed by atoms with van der Waals surface area (Å²) in [6, 6.07) is 7.03. The van der Waals surface area contributed by atoms with E-state index in [1.165, 1.54) is 0 Å². The first kappa shape index (κ1) is 18.6. The molecule has 25 heavy (non-hydrogen) atoms. The van der Waals surface area contributed by atoms with Gasteiger partial charge in [-0.1, -0.05) is 12.1 Å². The molecule has 3 amide bonds. The number of carbonyl (C=O) groups is 3. The van der Waals surface area contributed by atoms with Crippen molar-refractivity contribution < 1.29 is 23.9 Å². The molecule has 0 bridgehead atoms.